The molecule has 2 fully saturated rings. The van der Waals surface area contributed by atoms with Crippen LogP contribution in [-0.4, -0.2) is 32.9 Å². The molecular formula is C19H34O3Si. The Bertz CT molecular complexity index is 454. The van der Waals surface area contributed by atoms with Gasteiger partial charge in [0.2, 0.25) is 0 Å². The Kier molecular flexibility index (Phi) is 5.59. The standard InChI is InChI=1S/C19H34O3Si/c1-13(2)15-9-10-16(17-11-8-14(20)12-21-17)18(15)22-23(6,7)19(3,4)5/h15-18H,1,8-12H2,2-7H3/t15-,16+,17+,18-/m0/s1. The van der Waals surface area contributed by atoms with Crippen LogP contribution in [0.5, 0.6) is 0 Å². The topological polar surface area (TPSA) is 35.5 Å². The van der Waals surface area contributed by atoms with Gasteiger partial charge in [-0.3, -0.25) is 4.79 Å². The summed E-state index contributed by atoms with van der Waals surface area (Å²) in [5.41, 5.74) is 1.23. The van der Waals surface area contributed by atoms with Crippen LogP contribution in [0.4, 0.5) is 0 Å². The van der Waals surface area contributed by atoms with E-state index in [9.17, 15) is 4.79 Å². The molecule has 0 N–H and O–H groups in total. The van der Waals surface area contributed by atoms with Crippen molar-refractivity contribution < 1.29 is 14.0 Å². The van der Waals surface area contributed by atoms with Gasteiger partial charge in [0.15, 0.2) is 14.1 Å². The van der Waals surface area contributed by atoms with Crippen LogP contribution in [0, 0.1) is 11.8 Å². The van der Waals surface area contributed by atoms with Gasteiger partial charge in [-0.1, -0.05) is 32.9 Å². The summed E-state index contributed by atoms with van der Waals surface area (Å²) in [6, 6.07) is 0. The average Bonchev–Trinajstić information content (AvgIpc) is 2.81. The van der Waals surface area contributed by atoms with Crippen LogP contribution in [0.3, 0.4) is 0 Å². The summed E-state index contributed by atoms with van der Waals surface area (Å²) < 4.78 is 12.7. The van der Waals surface area contributed by atoms with E-state index in [0.29, 0.717) is 18.3 Å². The Hall–Kier alpha value is -0.453. The molecule has 4 heteroatoms. The minimum Gasteiger partial charge on any atom is -0.413 e. The molecule has 0 radical (unpaired) electrons. The normalized spacial score (nSPS) is 33.0. The lowest BCUT2D eigenvalue weighted by Gasteiger charge is -2.43. The lowest BCUT2D eigenvalue weighted by molar-refractivity contribution is -0.135. The van der Waals surface area contributed by atoms with E-state index < -0.39 is 8.32 Å². The highest BCUT2D eigenvalue weighted by molar-refractivity contribution is 6.74. The number of hydrogen-bond donors (Lipinski definition) is 0. The van der Waals surface area contributed by atoms with Gasteiger partial charge in [0.05, 0.1) is 12.2 Å². The second kappa shape index (κ2) is 6.81. The molecule has 0 aromatic heterocycles. The van der Waals surface area contributed by atoms with Gasteiger partial charge in [-0.05, 0) is 44.3 Å². The predicted octanol–water partition coefficient (Wildman–Crippen LogP) is 4.73. The van der Waals surface area contributed by atoms with Crippen molar-refractivity contribution in [2.24, 2.45) is 11.8 Å². The highest BCUT2D eigenvalue weighted by Gasteiger charge is 2.48. The number of ether oxygens (including phenoxy) is 1. The number of carbonyl (C=O) groups excluding carboxylic acids is 1. The third kappa shape index (κ3) is 4.15. The van der Waals surface area contributed by atoms with Crippen LogP contribution in [0.2, 0.25) is 18.1 Å². The summed E-state index contributed by atoms with van der Waals surface area (Å²) in [6.07, 6.45) is 4.14. The molecule has 1 heterocycles. The van der Waals surface area contributed by atoms with Crippen LogP contribution < -0.4 is 0 Å². The molecule has 3 nitrogen and oxygen atoms in total. The number of ketones is 1. The van der Waals surface area contributed by atoms with Crippen molar-refractivity contribution in [3.8, 4) is 0 Å². The van der Waals surface area contributed by atoms with Gasteiger partial charge >= 0.3 is 0 Å². The Morgan fingerprint density at radius 3 is 2.39 bits per heavy atom. The van der Waals surface area contributed by atoms with Crippen LogP contribution in [0.25, 0.3) is 0 Å². The third-order valence-electron chi connectivity index (χ3n) is 6.14. The van der Waals surface area contributed by atoms with Gasteiger partial charge in [0.1, 0.15) is 6.61 Å². The van der Waals surface area contributed by atoms with Gasteiger partial charge in [0, 0.05) is 18.3 Å². The van der Waals surface area contributed by atoms with Crippen molar-refractivity contribution in [3.63, 3.8) is 0 Å². The monoisotopic (exact) mass is 338 g/mol. The minimum absolute atomic E-state index is 0.173. The highest BCUT2D eigenvalue weighted by Crippen LogP contribution is 2.46. The number of rotatable bonds is 4. The summed E-state index contributed by atoms with van der Waals surface area (Å²) in [7, 11) is -1.84. The molecule has 0 amide bonds. The van der Waals surface area contributed by atoms with Crippen molar-refractivity contribution in [2.45, 2.75) is 83.7 Å². The maximum absolute atomic E-state index is 11.5. The van der Waals surface area contributed by atoms with Crippen LogP contribution >= 0.6 is 0 Å². The van der Waals surface area contributed by atoms with Gasteiger partial charge < -0.3 is 9.16 Å². The van der Waals surface area contributed by atoms with Gasteiger partial charge in [-0.25, -0.2) is 0 Å². The van der Waals surface area contributed by atoms with Crippen molar-refractivity contribution >= 4 is 14.1 Å². The second-order valence-corrected chi connectivity index (χ2v) is 13.7. The zero-order valence-electron chi connectivity index (χ0n) is 15.8. The first kappa shape index (κ1) is 18.9. The van der Waals surface area contributed by atoms with Gasteiger partial charge in [0.25, 0.3) is 0 Å². The molecule has 0 unspecified atom stereocenters. The van der Waals surface area contributed by atoms with Crippen molar-refractivity contribution in [3.05, 3.63) is 12.2 Å². The molecule has 1 aliphatic heterocycles. The predicted molar refractivity (Wildman–Crippen MR) is 97.1 cm³/mol. The van der Waals surface area contributed by atoms with E-state index in [1.807, 2.05) is 0 Å². The fourth-order valence-electron chi connectivity index (χ4n) is 3.61. The quantitative estimate of drug-likeness (QED) is 0.549. The lowest BCUT2D eigenvalue weighted by atomic mass is 9.89. The molecule has 1 saturated heterocycles. The van der Waals surface area contributed by atoms with Crippen LogP contribution in [0.1, 0.15) is 53.4 Å². The average molecular weight is 339 g/mol. The van der Waals surface area contributed by atoms with E-state index in [1.54, 1.807) is 0 Å². The smallest absolute Gasteiger partial charge is 0.192 e. The molecular weight excluding hydrogens is 304 g/mol. The molecule has 0 aromatic carbocycles. The first-order valence-electron chi connectivity index (χ1n) is 8.99. The highest BCUT2D eigenvalue weighted by atomic mass is 28.4. The molecule has 0 spiro atoms. The SMILES string of the molecule is C=C(C)[C@@H]1CC[C@H]([C@H]2CCC(=O)CO2)[C@H]1O[Si](C)(C)C(C)(C)C. The molecule has 1 aliphatic carbocycles. The fourth-order valence-corrected chi connectivity index (χ4v) is 4.98. The first-order valence-corrected chi connectivity index (χ1v) is 11.9. The fraction of sp³-hybridized carbons (Fsp3) is 0.842. The molecule has 0 aromatic rings. The Labute approximate surface area is 142 Å². The number of Topliss-reactive ketones (excluding diaryl/α,β-unsaturated/α-hetero) is 1. The van der Waals surface area contributed by atoms with Crippen LogP contribution in [-0.2, 0) is 14.0 Å². The maximum atomic E-state index is 11.5. The third-order valence-corrected chi connectivity index (χ3v) is 10.6. The maximum Gasteiger partial charge on any atom is 0.192 e. The molecule has 23 heavy (non-hydrogen) atoms. The second-order valence-electron chi connectivity index (χ2n) is 8.96. The number of hydrogen-bond acceptors (Lipinski definition) is 3. The summed E-state index contributed by atoms with van der Waals surface area (Å²) in [6.45, 7) is 18.1. The summed E-state index contributed by atoms with van der Waals surface area (Å²) in [5.74, 6) is 1.06. The Morgan fingerprint density at radius 1 is 1.26 bits per heavy atom. The Morgan fingerprint density at radius 2 is 1.91 bits per heavy atom. The van der Waals surface area contributed by atoms with E-state index >= 15 is 0 Å². The summed E-state index contributed by atoms with van der Waals surface area (Å²) in [4.78, 5) is 11.5. The van der Waals surface area contributed by atoms with E-state index in [-0.39, 0.29) is 29.6 Å². The molecule has 0 bridgehead atoms. The summed E-state index contributed by atoms with van der Waals surface area (Å²) >= 11 is 0. The van der Waals surface area contributed by atoms with Gasteiger partial charge in [-0.2, -0.15) is 0 Å². The van der Waals surface area contributed by atoms with E-state index in [4.69, 9.17) is 9.16 Å². The van der Waals surface area contributed by atoms with Crippen LogP contribution in [0.15, 0.2) is 12.2 Å². The first-order chi connectivity index (χ1) is 10.5. The van der Waals surface area contributed by atoms with Crippen molar-refractivity contribution in [1.82, 2.24) is 0 Å². The summed E-state index contributed by atoms with van der Waals surface area (Å²) in [5, 5.41) is 0.198. The largest absolute Gasteiger partial charge is 0.413 e. The van der Waals surface area contributed by atoms with E-state index in [0.717, 1.165) is 19.3 Å². The van der Waals surface area contributed by atoms with E-state index in [1.165, 1.54) is 5.57 Å². The van der Waals surface area contributed by atoms with Crippen molar-refractivity contribution in [2.75, 3.05) is 6.61 Å². The van der Waals surface area contributed by atoms with E-state index in [2.05, 4.69) is 47.4 Å². The minimum atomic E-state index is -1.84. The lowest BCUT2D eigenvalue weighted by Crippen LogP contribution is -2.48. The molecule has 2 rings (SSSR count). The van der Waals surface area contributed by atoms with Gasteiger partial charge in [-0.15, -0.1) is 0 Å². The van der Waals surface area contributed by atoms with Crippen molar-refractivity contribution in [1.29, 1.82) is 0 Å². The molecule has 132 valence electrons. The zero-order chi connectivity index (χ0) is 17.4. The molecule has 4 atom stereocenters. The molecule has 2 aliphatic rings. The number of carbonyl (C=O) groups is 1. The Balaban J connectivity index is 2.18. The molecule has 1 saturated carbocycles. The zero-order valence-corrected chi connectivity index (χ0v) is 16.8.